The first-order valence-electron chi connectivity index (χ1n) is 7.89. The number of hydrogen-bond donors (Lipinski definition) is 1. The van der Waals surface area contributed by atoms with Gasteiger partial charge in [-0.15, -0.1) is 0 Å². The standard InChI is InChI=1S/C19H19N3O2/c1-4-22-17-9-8-14(11-16(17)20-13(3)19(22)24)18(23)21-15-7-5-6-12(2)10-15/h5-11H,4H2,1-3H3,(H,21,23). The van der Waals surface area contributed by atoms with E-state index in [4.69, 9.17) is 0 Å². The van der Waals surface area contributed by atoms with Gasteiger partial charge < -0.3 is 9.88 Å². The Hall–Kier alpha value is -2.95. The second-order valence-corrected chi connectivity index (χ2v) is 5.77. The number of nitrogens with zero attached hydrogens (tertiary/aromatic N) is 2. The summed E-state index contributed by atoms with van der Waals surface area (Å²) in [7, 11) is 0. The number of aryl methyl sites for hydroxylation is 3. The Bertz CT molecular complexity index is 990. The van der Waals surface area contributed by atoms with E-state index >= 15 is 0 Å². The fourth-order valence-electron chi connectivity index (χ4n) is 2.76. The predicted molar refractivity (Wildman–Crippen MR) is 95.5 cm³/mol. The second-order valence-electron chi connectivity index (χ2n) is 5.77. The van der Waals surface area contributed by atoms with Gasteiger partial charge in [0.15, 0.2) is 0 Å². The van der Waals surface area contributed by atoms with Crippen LogP contribution in [-0.4, -0.2) is 15.5 Å². The number of rotatable bonds is 3. The number of anilines is 1. The highest BCUT2D eigenvalue weighted by Gasteiger charge is 2.11. The number of benzene rings is 2. The molecule has 1 N–H and O–H groups in total. The van der Waals surface area contributed by atoms with Crippen LogP contribution in [0.4, 0.5) is 5.69 Å². The monoisotopic (exact) mass is 321 g/mol. The van der Waals surface area contributed by atoms with Gasteiger partial charge >= 0.3 is 0 Å². The molecule has 0 aliphatic rings. The minimum atomic E-state index is -0.198. The number of carbonyl (C=O) groups is 1. The van der Waals surface area contributed by atoms with E-state index in [0.29, 0.717) is 23.3 Å². The Labute approximate surface area is 140 Å². The number of hydrogen-bond acceptors (Lipinski definition) is 3. The van der Waals surface area contributed by atoms with Crippen molar-refractivity contribution in [3.63, 3.8) is 0 Å². The van der Waals surface area contributed by atoms with E-state index in [-0.39, 0.29) is 11.5 Å². The Morgan fingerprint density at radius 1 is 1.17 bits per heavy atom. The molecule has 3 rings (SSSR count). The quantitative estimate of drug-likeness (QED) is 0.805. The molecule has 122 valence electrons. The summed E-state index contributed by atoms with van der Waals surface area (Å²) in [6, 6.07) is 12.9. The van der Waals surface area contributed by atoms with Gasteiger partial charge in [-0.2, -0.15) is 0 Å². The third kappa shape index (κ3) is 2.93. The van der Waals surface area contributed by atoms with Crippen LogP contribution in [0.2, 0.25) is 0 Å². The van der Waals surface area contributed by atoms with Crippen LogP contribution in [0.3, 0.4) is 0 Å². The first-order valence-corrected chi connectivity index (χ1v) is 7.89. The molecular formula is C19H19N3O2. The maximum absolute atomic E-state index is 12.5. The van der Waals surface area contributed by atoms with Crippen LogP contribution in [0, 0.1) is 13.8 Å². The fraction of sp³-hybridized carbons (Fsp3) is 0.211. The average Bonchev–Trinajstić information content (AvgIpc) is 2.55. The van der Waals surface area contributed by atoms with Gasteiger partial charge in [0.1, 0.15) is 5.69 Å². The molecule has 24 heavy (non-hydrogen) atoms. The van der Waals surface area contributed by atoms with Crippen LogP contribution in [0.5, 0.6) is 0 Å². The molecule has 0 fully saturated rings. The molecule has 2 aromatic carbocycles. The molecule has 0 radical (unpaired) electrons. The van der Waals surface area contributed by atoms with E-state index in [2.05, 4.69) is 10.3 Å². The van der Waals surface area contributed by atoms with Crippen molar-refractivity contribution in [1.29, 1.82) is 0 Å². The lowest BCUT2D eigenvalue weighted by Crippen LogP contribution is -2.23. The Balaban J connectivity index is 2.00. The van der Waals surface area contributed by atoms with E-state index in [1.54, 1.807) is 29.7 Å². The molecule has 0 aliphatic carbocycles. The Morgan fingerprint density at radius 3 is 2.67 bits per heavy atom. The van der Waals surface area contributed by atoms with E-state index < -0.39 is 0 Å². The van der Waals surface area contributed by atoms with E-state index in [1.807, 2.05) is 38.1 Å². The van der Waals surface area contributed by atoms with Gasteiger partial charge in [-0.1, -0.05) is 12.1 Å². The predicted octanol–water partition coefficient (Wildman–Crippen LogP) is 3.29. The molecular weight excluding hydrogens is 302 g/mol. The highest BCUT2D eigenvalue weighted by Crippen LogP contribution is 2.16. The normalized spacial score (nSPS) is 10.8. The maximum Gasteiger partial charge on any atom is 0.272 e. The number of carbonyl (C=O) groups excluding carboxylic acids is 1. The van der Waals surface area contributed by atoms with Crippen molar-refractivity contribution < 1.29 is 4.79 Å². The van der Waals surface area contributed by atoms with Crippen LogP contribution in [0.15, 0.2) is 47.3 Å². The minimum Gasteiger partial charge on any atom is -0.322 e. The lowest BCUT2D eigenvalue weighted by Gasteiger charge is -2.10. The smallest absolute Gasteiger partial charge is 0.272 e. The third-order valence-electron chi connectivity index (χ3n) is 3.96. The van der Waals surface area contributed by atoms with Crippen LogP contribution in [0.1, 0.15) is 28.5 Å². The SMILES string of the molecule is CCn1c(=O)c(C)nc2cc(C(=O)Nc3cccc(C)c3)ccc21. The van der Waals surface area contributed by atoms with Crippen molar-refractivity contribution >= 4 is 22.6 Å². The molecule has 0 spiro atoms. The second kappa shape index (κ2) is 6.28. The maximum atomic E-state index is 12.5. The van der Waals surface area contributed by atoms with Crippen molar-refractivity contribution in [2.45, 2.75) is 27.3 Å². The van der Waals surface area contributed by atoms with Gasteiger partial charge in [-0.05, 0) is 56.7 Å². The fourth-order valence-corrected chi connectivity index (χ4v) is 2.76. The summed E-state index contributed by atoms with van der Waals surface area (Å²) in [5, 5.41) is 2.88. The van der Waals surface area contributed by atoms with Crippen molar-refractivity contribution in [3.05, 3.63) is 69.6 Å². The van der Waals surface area contributed by atoms with Crippen LogP contribution >= 0.6 is 0 Å². The van der Waals surface area contributed by atoms with Gasteiger partial charge in [-0.3, -0.25) is 9.59 Å². The number of aromatic nitrogens is 2. The van der Waals surface area contributed by atoms with Gasteiger partial charge in [-0.25, -0.2) is 4.98 Å². The van der Waals surface area contributed by atoms with E-state index in [1.165, 1.54) is 0 Å². The number of nitrogens with one attached hydrogen (secondary N) is 1. The van der Waals surface area contributed by atoms with Crippen molar-refractivity contribution in [1.82, 2.24) is 9.55 Å². The summed E-state index contributed by atoms with van der Waals surface area (Å²) < 4.78 is 1.67. The number of amides is 1. The lowest BCUT2D eigenvalue weighted by atomic mass is 10.1. The molecule has 0 aliphatic heterocycles. The molecule has 0 bridgehead atoms. The van der Waals surface area contributed by atoms with Gasteiger partial charge in [0.05, 0.1) is 11.0 Å². The molecule has 1 amide bonds. The molecule has 5 nitrogen and oxygen atoms in total. The molecule has 0 saturated carbocycles. The van der Waals surface area contributed by atoms with Crippen molar-refractivity contribution in [2.75, 3.05) is 5.32 Å². The summed E-state index contributed by atoms with van der Waals surface area (Å²) in [6.45, 7) is 6.14. The molecule has 1 heterocycles. The van der Waals surface area contributed by atoms with E-state index in [9.17, 15) is 9.59 Å². The minimum absolute atomic E-state index is 0.0954. The van der Waals surface area contributed by atoms with Crippen molar-refractivity contribution in [2.24, 2.45) is 0 Å². The summed E-state index contributed by atoms with van der Waals surface area (Å²) >= 11 is 0. The first-order chi connectivity index (χ1) is 11.5. The molecule has 1 aromatic heterocycles. The third-order valence-corrected chi connectivity index (χ3v) is 3.96. The van der Waals surface area contributed by atoms with E-state index in [0.717, 1.165) is 16.8 Å². The molecule has 0 unspecified atom stereocenters. The molecule has 0 atom stereocenters. The topological polar surface area (TPSA) is 64.0 Å². The Morgan fingerprint density at radius 2 is 1.96 bits per heavy atom. The molecule has 0 saturated heterocycles. The van der Waals surface area contributed by atoms with Crippen LogP contribution < -0.4 is 10.9 Å². The zero-order valence-corrected chi connectivity index (χ0v) is 14.0. The van der Waals surface area contributed by atoms with Crippen LogP contribution in [-0.2, 0) is 6.54 Å². The summed E-state index contributed by atoms with van der Waals surface area (Å²) in [5.41, 5.74) is 4.06. The van der Waals surface area contributed by atoms with Gasteiger partial charge in [0.25, 0.3) is 11.5 Å². The summed E-state index contributed by atoms with van der Waals surface area (Å²) in [5.74, 6) is -0.198. The average molecular weight is 321 g/mol. The molecule has 3 aromatic rings. The highest BCUT2D eigenvalue weighted by atomic mass is 16.1. The van der Waals surface area contributed by atoms with Crippen LogP contribution in [0.25, 0.3) is 11.0 Å². The number of fused-ring (bicyclic) bond motifs is 1. The van der Waals surface area contributed by atoms with Gasteiger partial charge in [0.2, 0.25) is 0 Å². The summed E-state index contributed by atoms with van der Waals surface area (Å²) in [4.78, 5) is 28.9. The largest absolute Gasteiger partial charge is 0.322 e. The highest BCUT2D eigenvalue weighted by molar-refractivity contribution is 6.05. The molecule has 5 heteroatoms. The summed E-state index contributed by atoms with van der Waals surface area (Å²) in [6.07, 6.45) is 0. The Kier molecular flexibility index (Phi) is 4.16. The zero-order chi connectivity index (χ0) is 17.3. The first kappa shape index (κ1) is 15.9. The lowest BCUT2D eigenvalue weighted by molar-refractivity contribution is 0.102. The zero-order valence-electron chi connectivity index (χ0n) is 14.0. The van der Waals surface area contributed by atoms with Gasteiger partial charge in [0, 0.05) is 17.8 Å². The van der Waals surface area contributed by atoms with Crippen molar-refractivity contribution in [3.8, 4) is 0 Å².